The Bertz CT molecular complexity index is 1170. The van der Waals surface area contributed by atoms with Crippen molar-refractivity contribution in [2.24, 2.45) is 0 Å². The summed E-state index contributed by atoms with van der Waals surface area (Å²) in [6, 6.07) is 16.1. The first kappa shape index (κ1) is 27.0. The van der Waals surface area contributed by atoms with Crippen molar-refractivity contribution in [3.8, 4) is 0 Å². The van der Waals surface area contributed by atoms with E-state index in [0.717, 1.165) is 29.6 Å². The number of rotatable bonds is 11. The minimum Gasteiger partial charge on any atom is -0.395 e. The van der Waals surface area contributed by atoms with Crippen LogP contribution in [0.5, 0.6) is 0 Å². The zero-order valence-corrected chi connectivity index (χ0v) is 20.9. The van der Waals surface area contributed by atoms with E-state index in [-0.39, 0.29) is 13.0 Å². The molecule has 4 atom stereocenters. The Balaban J connectivity index is 1.25. The summed E-state index contributed by atoms with van der Waals surface area (Å²) in [5, 5.41) is 30.3. The maximum atomic E-state index is 12.1. The van der Waals surface area contributed by atoms with Crippen LogP contribution in [-0.4, -0.2) is 75.4 Å². The number of hydroxylamine groups is 1. The van der Waals surface area contributed by atoms with Gasteiger partial charge in [-0.05, 0) is 42.2 Å². The van der Waals surface area contributed by atoms with Crippen LogP contribution < -0.4 is 5.48 Å². The number of aliphatic hydroxyl groups excluding tert-OH is 3. The maximum absolute atomic E-state index is 12.1. The molecule has 2 heterocycles. The molecule has 37 heavy (non-hydrogen) atoms. The number of nitrogens with zero attached hydrogens (tertiary/aromatic N) is 1. The third-order valence-corrected chi connectivity index (χ3v) is 6.57. The number of nitrogens with one attached hydrogen (secondary N) is 2. The minimum atomic E-state index is -0.978. The van der Waals surface area contributed by atoms with Gasteiger partial charge in [-0.25, -0.2) is 10.3 Å². The molecule has 3 aromatic rings. The average Bonchev–Trinajstić information content (AvgIpc) is 3.32. The normalized spacial score (nSPS) is 22.2. The summed E-state index contributed by atoms with van der Waals surface area (Å²) in [5.74, 6) is -0.465. The van der Waals surface area contributed by atoms with Gasteiger partial charge in [0.15, 0.2) is 6.29 Å². The standard InChI is InChI=1S/C28H35N3O6/c1-19-28(35)25(33)16-27(36-19)37-30-26(34)11-10-20-6-8-21(9-7-20)18-31(14-15-32)13-12-22-17-29-24-5-3-2-4-23(22)24/h2-11,17,19,25,27-29,32-33,35H,12-16,18H2,1H3,(H,30,34)/b11-10+/t19?,25?,27-,28-/m0/s1. The lowest BCUT2D eigenvalue weighted by Gasteiger charge is -2.34. The number of benzene rings is 2. The molecule has 198 valence electrons. The van der Waals surface area contributed by atoms with E-state index in [2.05, 4.69) is 33.7 Å². The lowest BCUT2D eigenvalue weighted by Crippen LogP contribution is -2.49. The van der Waals surface area contributed by atoms with E-state index >= 15 is 0 Å². The summed E-state index contributed by atoms with van der Waals surface area (Å²) in [6.07, 6.45) is 2.65. The van der Waals surface area contributed by atoms with E-state index < -0.39 is 30.5 Å². The second-order valence-electron chi connectivity index (χ2n) is 9.33. The summed E-state index contributed by atoms with van der Waals surface area (Å²) < 4.78 is 5.41. The van der Waals surface area contributed by atoms with Crippen molar-refractivity contribution >= 4 is 22.9 Å². The number of fused-ring (bicyclic) bond motifs is 1. The first-order valence-electron chi connectivity index (χ1n) is 12.6. The SMILES string of the molecule is CC1O[C@@H](ONC(=O)/C=C/c2ccc(CN(CCO)CCc3c[nH]c4ccccc34)cc2)CC(O)[C@H]1O. The Labute approximate surface area is 216 Å². The largest absolute Gasteiger partial charge is 0.395 e. The molecule has 1 saturated heterocycles. The molecule has 0 aliphatic carbocycles. The summed E-state index contributed by atoms with van der Waals surface area (Å²) in [5.41, 5.74) is 6.65. The first-order valence-corrected chi connectivity index (χ1v) is 12.6. The molecule has 0 spiro atoms. The van der Waals surface area contributed by atoms with E-state index in [0.29, 0.717) is 13.1 Å². The minimum absolute atomic E-state index is 0.0616. The number of hydrogen-bond acceptors (Lipinski definition) is 7. The Kier molecular flexibility index (Phi) is 9.45. The Morgan fingerprint density at radius 2 is 1.97 bits per heavy atom. The lowest BCUT2D eigenvalue weighted by molar-refractivity contribution is -0.262. The van der Waals surface area contributed by atoms with Gasteiger partial charge in [0.05, 0.1) is 18.8 Å². The highest BCUT2D eigenvalue weighted by molar-refractivity contribution is 5.90. The fourth-order valence-electron chi connectivity index (χ4n) is 4.45. The Morgan fingerprint density at radius 1 is 1.19 bits per heavy atom. The van der Waals surface area contributed by atoms with Gasteiger partial charge >= 0.3 is 0 Å². The number of aromatic nitrogens is 1. The van der Waals surface area contributed by atoms with Gasteiger partial charge in [0.2, 0.25) is 0 Å². The molecule has 1 aliphatic heterocycles. The average molecular weight is 510 g/mol. The van der Waals surface area contributed by atoms with Gasteiger partial charge in [-0.15, -0.1) is 0 Å². The number of para-hydroxylation sites is 1. The molecule has 2 aromatic carbocycles. The summed E-state index contributed by atoms with van der Waals surface area (Å²) in [4.78, 5) is 22.8. The van der Waals surface area contributed by atoms with Gasteiger partial charge in [0.25, 0.3) is 5.91 Å². The van der Waals surface area contributed by atoms with Crippen molar-refractivity contribution in [2.45, 2.75) is 50.9 Å². The zero-order valence-electron chi connectivity index (χ0n) is 20.9. The van der Waals surface area contributed by atoms with Crippen molar-refractivity contribution in [3.05, 3.63) is 77.5 Å². The van der Waals surface area contributed by atoms with Gasteiger partial charge in [-0.2, -0.15) is 0 Å². The number of ether oxygens (including phenoxy) is 1. The highest BCUT2D eigenvalue weighted by Gasteiger charge is 2.35. The van der Waals surface area contributed by atoms with Crippen molar-refractivity contribution in [2.75, 3.05) is 19.7 Å². The molecule has 2 unspecified atom stereocenters. The molecule has 9 nitrogen and oxygen atoms in total. The van der Waals surface area contributed by atoms with Gasteiger partial charge in [-0.3, -0.25) is 9.69 Å². The van der Waals surface area contributed by atoms with Crippen LogP contribution in [-0.2, 0) is 27.3 Å². The van der Waals surface area contributed by atoms with Gasteiger partial charge < -0.3 is 25.0 Å². The quantitative estimate of drug-likeness (QED) is 0.198. The molecule has 1 aliphatic rings. The lowest BCUT2D eigenvalue weighted by atomic mass is 10.0. The van der Waals surface area contributed by atoms with Crippen LogP contribution in [0, 0.1) is 0 Å². The zero-order chi connectivity index (χ0) is 26.2. The molecule has 1 amide bonds. The molecule has 0 saturated carbocycles. The Hall–Kier alpha value is -3.05. The molecule has 4 rings (SSSR count). The number of aliphatic hydroxyl groups is 3. The van der Waals surface area contributed by atoms with Crippen LogP contribution in [0.2, 0.25) is 0 Å². The smallest absolute Gasteiger partial charge is 0.267 e. The second kappa shape index (κ2) is 13.0. The topological polar surface area (TPSA) is 127 Å². The van der Waals surface area contributed by atoms with Crippen molar-refractivity contribution in [1.82, 2.24) is 15.4 Å². The molecule has 1 aromatic heterocycles. The predicted molar refractivity (Wildman–Crippen MR) is 140 cm³/mol. The van der Waals surface area contributed by atoms with Gasteiger partial charge in [0, 0.05) is 49.2 Å². The monoisotopic (exact) mass is 509 g/mol. The summed E-state index contributed by atoms with van der Waals surface area (Å²) in [6.45, 7) is 3.84. The van der Waals surface area contributed by atoms with Crippen LogP contribution in [0.1, 0.15) is 30.0 Å². The van der Waals surface area contributed by atoms with Crippen molar-refractivity contribution < 1.29 is 29.7 Å². The molecule has 0 bridgehead atoms. The van der Waals surface area contributed by atoms with Crippen LogP contribution >= 0.6 is 0 Å². The highest BCUT2D eigenvalue weighted by atomic mass is 16.8. The van der Waals surface area contributed by atoms with Crippen molar-refractivity contribution in [3.63, 3.8) is 0 Å². The highest BCUT2D eigenvalue weighted by Crippen LogP contribution is 2.21. The molecular weight excluding hydrogens is 474 g/mol. The van der Waals surface area contributed by atoms with Gasteiger partial charge in [0.1, 0.15) is 6.10 Å². The van der Waals surface area contributed by atoms with Crippen molar-refractivity contribution in [1.29, 1.82) is 0 Å². The first-order chi connectivity index (χ1) is 17.9. The third kappa shape index (κ3) is 7.48. The number of carbonyl (C=O) groups is 1. The van der Waals surface area contributed by atoms with Crippen LogP contribution in [0.4, 0.5) is 0 Å². The molecule has 9 heteroatoms. The fourth-order valence-corrected chi connectivity index (χ4v) is 4.45. The summed E-state index contributed by atoms with van der Waals surface area (Å²) >= 11 is 0. The van der Waals surface area contributed by atoms with Crippen LogP contribution in [0.15, 0.2) is 60.8 Å². The molecule has 0 radical (unpaired) electrons. The maximum Gasteiger partial charge on any atom is 0.267 e. The number of carbonyl (C=O) groups excluding carboxylic acids is 1. The number of aromatic amines is 1. The number of H-pyrrole nitrogens is 1. The molecular formula is C28H35N3O6. The summed E-state index contributed by atoms with van der Waals surface area (Å²) in [7, 11) is 0. The number of amides is 1. The van der Waals surface area contributed by atoms with E-state index in [9.17, 15) is 20.1 Å². The number of hydrogen-bond donors (Lipinski definition) is 5. The van der Waals surface area contributed by atoms with Crippen LogP contribution in [0.25, 0.3) is 17.0 Å². The Morgan fingerprint density at radius 3 is 2.73 bits per heavy atom. The second-order valence-corrected chi connectivity index (χ2v) is 9.33. The predicted octanol–water partition coefficient (Wildman–Crippen LogP) is 2.12. The van der Waals surface area contributed by atoms with E-state index in [1.807, 2.05) is 36.4 Å². The van der Waals surface area contributed by atoms with E-state index in [1.54, 1.807) is 13.0 Å². The van der Waals surface area contributed by atoms with E-state index in [4.69, 9.17) is 9.57 Å². The third-order valence-electron chi connectivity index (χ3n) is 6.57. The van der Waals surface area contributed by atoms with E-state index in [1.165, 1.54) is 17.0 Å². The van der Waals surface area contributed by atoms with Gasteiger partial charge in [-0.1, -0.05) is 42.5 Å². The van der Waals surface area contributed by atoms with Crippen LogP contribution in [0.3, 0.4) is 0 Å². The molecule has 1 fully saturated rings. The fraction of sp³-hybridized carbons (Fsp3) is 0.393. The molecule has 5 N–H and O–H groups in total.